The zero-order valence-electron chi connectivity index (χ0n) is 13.6. The van der Waals surface area contributed by atoms with Crippen molar-refractivity contribution in [2.75, 3.05) is 33.4 Å². The van der Waals surface area contributed by atoms with Gasteiger partial charge in [0.1, 0.15) is 0 Å². The van der Waals surface area contributed by atoms with Crippen molar-refractivity contribution in [1.82, 2.24) is 10.6 Å². The van der Waals surface area contributed by atoms with Crippen molar-refractivity contribution in [2.45, 2.75) is 63.6 Å². The summed E-state index contributed by atoms with van der Waals surface area (Å²) in [6, 6.07) is 0. The van der Waals surface area contributed by atoms with Gasteiger partial charge < -0.3 is 20.1 Å². The topological polar surface area (TPSA) is 54.9 Å². The fraction of sp³-hybridized carbons (Fsp3) is 0.938. The summed E-state index contributed by atoms with van der Waals surface area (Å²) in [5.41, 5.74) is -0.0385. The minimum Gasteiger partial charge on any atom is -0.378 e. The van der Waals surface area contributed by atoms with Crippen LogP contribution in [0.15, 0.2) is 4.99 Å². The van der Waals surface area contributed by atoms with E-state index in [2.05, 4.69) is 22.5 Å². The zero-order valence-corrected chi connectivity index (χ0v) is 13.6. The third-order valence-electron chi connectivity index (χ3n) is 4.42. The molecule has 0 radical (unpaired) electrons. The van der Waals surface area contributed by atoms with Crippen LogP contribution in [-0.4, -0.2) is 51.0 Å². The first-order valence-corrected chi connectivity index (χ1v) is 8.42. The van der Waals surface area contributed by atoms with Crippen LogP contribution in [-0.2, 0) is 9.47 Å². The maximum Gasteiger partial charge on any atom is 0.191 e. The number of ether oxygens (including phenoxy) is 2. The highest BCUT2D eigenvalue weighted by atomic mass is 16.5. The standard InChI is InChI=1S/C16H31N3O2/c1-16(9-5-12-21-16)13-19-15(17-2)18-10-6-11-20-14-7-3-4-8-14/h14H,3-13H2,1-2H3,(H2,17,18,19). The first-order valence-electron chi connectivity index (χ1n) is 8.42. The molecule has 1 unspecified atom stereocenters. The predicted octanol–water partition coefficient (Wildman–Crippen LogP) is 2.07. The first-order chi connectivity index (χ1) is 10.2. The van der Waals surface area contributed by atoms with Gasteiger partial charge in [0.2, 0.25) is 0 Å². The van der Waals surface area contributed by atoms with Gasteiger partial charge in [-0.15, -0.1) is 0 Å². The minimum atomic E-state index is -0.0385. The van der Waals surface area contributed by atoms with Gasteiger partial charge in [0.25, 0.3) is 0 Å². The Bertz CT molecular complexity index is 321. The monoisotopic (exact) mass is 297 g/mol. The molecule has 0 spiro atoms. The Morgan fingerprint density at radius 1 is 1.29 bits per heavy atom. The summed E-state index contributed by atoms with van der Waals surface area (Å²) < 4.78 is 11.6. The van der Waals surface area contributed by atoms with Crippen molar-refractivity contribution in [2.24, 2.45) is 4.99 Å². The lowest BCUT2D eigenvalue weighted by atomic mass is 10.0. The van der Waals surface area contributed by atoms with Crippen LogP contribution in [0.3, 0.4) is 0 Å². The number of hydrogen-bond donors (Lipinski definition) is 2. The molecule has 1 saturated carbocycles. The Kier molecular flexibility index (Phi) is 6.77. The predicted molar refractivity (Wildman–Crippen MR) is 85.8 cm³/mol. The molecule has 0 aromatic rings. The van der Waals surface area contributed by atoms with Gasteiger partial charge in [-0.1, -0.05) is 12.8 Å². The summed E-state index contributed by atoms with van der Waals surface area (Å²) in [5.74, 6) is 0.854. The number of rotatable bonds is 7. The molecule has 0 aromatic carbocycles. The molecule has 2 aliphatic rings. The maximum atomic E-state index is 5.86. The molecule has 21 heavy (non-hydrogen) atoms. The summed E-state index contributed by atoms with van der Waals surface area (Å²) in [5, 5.41) is 6.70. The fourth-order valence-corrected chi connectivity index (χ4v) is 3.05. The molecule has 0 bridgehead atoms. The van der Waals surface area contributed by atoms with Crippen molar-refractivity contribution >= 4 is 5.96 Å². The highest BCUT2D eigenvalue weighted by molar-refractivity contribution is 5.79. The van der Waals surface area contributed by atoms with Crippen LogP contribution >= 0.6 is 0 Å². The summed E-state index contributed by atoms with van der Waals surface area (Å²) in [6.45, 7) is 5.59. The molecule has 0 amide bonds. The van der Waals surface area contributed by atoms with Crippen LogP contribution in [0.4, 0.5) is 0 Å². The minimum absolute atomic E-state index is 0.0385. The number of hydrogen-bond acceptors (Lipinski definition) is 3. The van der Waals surface area contributed by atoms with E-state index in [0.29, 0.717) is 6.10 Å². The molecule has 1 heterocycles. The van der Waals surface area contributed by atoms with Crippen molar-refractivity contribution in [1.29, 1.82) is 0 Å². The normalized spacial score (nSPS) is 27.2. The summed E-state index contributed by atoms with van der Waals surface area (Å²) >= 11 is 0. The number of guanidine groups is 1. The smallest absolute Gasteiger partial charge is 0.191 e. The zero-order chi connectivity index (χ0) is 15.0. The molecule has 5 nitrogen and oxygen atoms in total. The van der Waals surface area contributed by atoms with Crippen LogP contribution in [0.2, 0.25) is 0 Å². The lowest BCUT2D eigenvalue weighted by Gasteiger charge is -2.24. The highest BCUT2D eigenvalue weighted by Gasteiger charge is 2.29. The van der Waals surface area contributed by atoms with E-state index in [-0.39, 0.29) is 5.60 Å². The van der Waals surface area contributed by atoms with Crippen molar-refractivity contribution in [3.05, 3.63) is 0 Å². The van der Waals surface area contributed by atoms with Gasteiger partial charge in [0.05, 0.1) is 11.7 Å². The van der Waals surface area contributed by atoms with Gasteiger partial charge in [0, 0.05) is 33.4 Å². The van der Waals surface area contributed by atoms with Gasteiger partial charge in [-0.05, 0) is 39.0 Å². The molecule has 1 aliphatic carbocycles. The SMILES string of the molecule is CN=C(NCCCOC1CCCC1)NCC1(C)CCCO1. The fourth-order valence-electron chi connectivity index (χ4n) is 3.05. The molecule has 0 aromatic heterocycles. The van der Waals surface area contributed by atoms with Crippen molar-refractivity contribution in [3.63, 3.8) is 0 Å². The molecular weight excluding hydrogens is 266 g/mol. The van der Waals surface area contributed by atoms with Gasteiger partial charge in [0.15, 0.2) is 5.96 Å². The lowest BCUT2D eigenvalue weighted by molar-refractivity contribution is 0.0242. The summed E-state index contributed by atoms with van der Waals surface area (Å²) in [6.07, 6.45) is 8.97. The first kappa shape index (κ1) is 16.6. The van der Waals surface area contributed by atoms with E-state index >= 15 is 0 Å². The summed E-state index contributed by atoms with van der Waals surface area (Å²) in [7, 11) is 1.81. The maximum absolute atomic E-state index is 5.86. The third kappa shape index (κ3) is 5.83. The van der Waals surface area contributed by atoms with Crippen LogP contribution in [0.25, 0.3) is 0 Å². The van der Waals surface area contributed by atoms with Crippen LogP contribution in [0.5, 0.6) is 0 Å². The summed E-state index contributed by atoms with van der Waals surface area (Å²) in [4.78, 5) is 4.25. The number of aliphatic imine (C=N–C) groups is 1. The number of nitrogens with zero attached hydrogens (tertiary/aromatic N) is 1. The molecule has 1 atom stereocenters. The van der Waals surface area contributed by atoms with E-state index in [4.69, 9.17) is 9.47 Å². The number of nitrogens with one attached hydrogen (secondary N) is 2. The van der Waals surface area contributed by atoms with Gasteiger partial charge in [-0.2, -0.15) is 0 Å². The highest BCUT2D eigenvalue weighted by Crippen LogP contribution is 2.23. The molecule has 1 aliphatic heterocycles. The van der Waals surface area contributed by atoms with E-state index in [9.17, 15) is 0 Å². The van der Waals surface area contributed by atoms with E-state index in [1.807, 2.05) is 7.05 Å². The molecule has 5 heteroatoms. The Labute approximate surface area is 128 Å². The second kappa shape index (κ2) is 8.59. The Balaban J connectivity index is 1.53. The van der Waals surface area contributed by atoms with E-state index in [0.717, 1.165) is 51.5 Å². The average molecular weight is 297 g/mol. The second-order valence-corrected chi connectivity index (χ2v) is 6.39. The van der Waals surface area contributed by atoms with Gasteiger partial charge >= 0.3 is 0 Å². The second-order valence-electron chi connectivity index (χ2n) is 6.39. The molecule has 1 saturated heterocycles. The quantitative estimate of drug-likeness (QED) is 0.429. The molecule has 2 rings (SSSR count). The van der Waals surface area contributed by atoms with Crippen LogP contribution in [0, 0.1) is 0 Å². The Hall–Kier alpha value is -0.810. The van der Waals surface area contributed by atoms with Crippen molar-refractivity contribution < 1.29 is 9.47 Å². The van der Waals surface area contributed by atoms with Crippen LogP contribution in [0.1, 0.15) is 51.9 Å². The molecular formula is C16H31N3O2. The average Bonchev–Trinajstić information content (AvgIpc) is 3.14. The third-order valence-corrected chi connectivity index (χ3v) is 4.42. The van der Waals surface area contributed by atoms with Crippen molar-refractivity contribution in [3.8, 4) is 0 Å². The van der Waals surface area contributed by atoms with E-state index < -0.39 is 0 Å². The largest absolute Gasteiger partial charge is 0.378 e. The molecule has 2 N–H and O–H groups in total. The van der Waals surface area contributed by atoms with E-state index in [1.54, 1.807) is 0 Å². The van der Waals surface area contributed by atoms with Gasteiger partial charge in [-0.25, -0.2) is 0 Å². The van der Waals surface area contributed by atoms with E-state index in [1.165, 1.54) is 25.7 Å². The van der Waals surface area contributed by atoms with Gasteiger partial charge in [-0.3, -0.25) is 4.99 Å². The Morgan fingerprint density at radius 2 is 2.10 bits per heavy atom. The Morgan fingerprint density at radius 3 is 2.76 bits per heavy atom. The molecule has 122 valence electrons. The molecule has 2 fully saturated rings. The lowest BCUT2D eigenvalue weighted by Crippen LogP contribution is -2.45. The van der Waals surface area contributed by atoms with Crippen LogP contribution < -0.4 is 10.6 Å².